The molecule has 3 aromatic rings. The SMILES string of the molecule is CC[C@@H]1CSC2=N[C@@H](c3ccccn3)[C@@H](c3ccc(Sc4ccc(Cl)cc4)cc3)N21. The summed E-state index contributed by atoms with van der Waals surface area (Å²) in [5, 5.41) is 1.93. The van der Waals surface area contributed by atoms with Crippen molar-refractivity contribution in [3.05, 3.63) is 89.2 Å². The number of thioether (sulfide) groups is 1. The summed E-state index contributed by atoms with van der Waals surface area (Å²) in [6.45, 7) is 2.27. The van der Waals surface area contributed by atoms with E-state index >= 15 is 0 Å². The number of benzene rings is 2. The molecule has 2 aliphatic heterocycles. The predicted octanol–water partition coefficient (Wildman–Crippen LogP) is 6.87. The number of aromatic nitrogens is 1. The van der Waals surface area contributed by atoms with Crippen LogP contribution in [-0.4, -0.2) is 26.8 Å². The highest BCUT2D eigenvalue weighted by atomic mass is 35.5. The van der Waals surface area contributed by atoms with Crippen LogP contribution in [0.4, 0.5) is 0 Å². The van der Waals surface area contributed by atoms with Gasteiger partial charge < -0.3 is 4.90 Å². The molecule has 0 radical (unpaired) electrons. The molecule has 6 heteroatoms. The van der Waals surface area contributed by atoms with E-state index < -0.39 is 0 Å². The molecule has 0 amide bonds. The number of amidine groups is 1. The molecule has 0 unspecified atom stereocenters. The first-order valence-electron chi connectivity index (χ1n) is 10.2. The molecular formula is C24H22ClN3S2. The summed E-state index contributed by atoms with van der Waals surface area (Å²) < 4.78 is 0. The Morgan fingerprint density at radius 2 is 1.77 bits per heavy atom. The summed E-state index contributed by atoms with van der Waals surface area (Å²) in [6.07, 6.45) is 2.99. The molecule has 30 heavy (non-hydrogen) atoms. The van der Waals surface area contributed by atoms with Gasteiger partial charge in [0.15, 0.2) is 5.17 Å². The highest BCUT2D eigenvalue weighted by molar-refractivity contribution is 8.14. The van der Waals surface area contributed by atoms with Crippen LogP contribution in [0.15, 0.2) is 87.7 Å². The molecule has 3 nitrogen and oxygen atoms in total. The molecule has 0 spiro atoms. The number of aliphatic imine (C=N–C) groups is 1. The van der Waals surface area contributed by atoms with E-state index in [0.29, 0.717) is 6.04 Å². The maximum absolute atomic E-state index is 6.01. The third-order valence-electron chi connectivity index (χ3n) is 5.60. The standard InChI is InChI=1S/C24H22ClN3S2/c1-2-18-15-29-24-27-22(21-5-3-4-14-26-21)23(28(18)24)16-6-10-19(11-7-16)30-20-12-8-17(25)9-13-20/h3-14,18,22-23H,2,15H2,1H3/t18-,22+,23-/m1/s1. The van der Waals surface area contributed by atoms with Gasteiger partial charge in [0.2, 0.25) is 0 Å². The van der Waals surface area contributed by atoms with Gasteiger partial charge in [0.1, 0.15) is 6.04 Å². The predicted molar refractivity (Wildman–Crippen MR) is 128 cm³/mol. The van der Waals surface area contributed by atoms with Crippen molar-refractivity contribution < 1.29 is 0 Å². The Bertz CT molecular complexity index is 1040. The van der Waals surface area contributed by atoms with E-state index in [1.165, 1.54) is 20.5 Å². The lowest BCUT2D eigenvalue weighted by molar-refractivity contribution is 0.255. The highest BCUT2D eigenvalue weighted by Crippen LogP contribution is 2.48. The van der Waals surface area contributed by atoms with Gasteiger partial charge in [0, 0.05) is 32.8 Å². The van der Waals surface area contributed by atoms with E-state index in [-0.39, 0.29) is 12.1 Å². The van der Waals surface area contributed by atoms with Crippen LogP contribution in [0.25, 0.3) is 0 Å². The van der Waals surface area contributed by atoms with E-state index in [1.807, 2.05) is 36.2 Å². The maximum Gasteiger partial charge on any atom is 0.160 e. The van der Waals surface area contributed by atoms with Gasteiger partial charge in [0.25, 0.3) is 0 Å². The first kappa shape index (κ1) is 20.0. The summed E-state index contributed by atoms with van der Waals surface area (Å²) in [4.78, 5) is 14.7. The molecule has 2 aliphatic rings. The topological polar surface area (TPSA) is 28.5 Å². The van der Waals surface area contributed by atoms with Gasteiger partial charge in [-0.15, -0.1) is 0 Å². The van der Waals surface area contributed by atoms with Gasteiger partial charge >= 0.3 is 0 Å². The summed E-state index contributed by atoms with van der Waals surface area (Å²) in [6, 6.07) is 23.8. The quantitative estimate of drug-likeness (QED) is 0.423. The fraction of sp³-hybridized carbons (Fsp3) is 0.250. The van der Waals surface area contributed by atoms with Crippen molar-refractivity contribution >= 4 is 40.3 Å². The Kier molecular flexibility index (Phi) is 5.77. The number of halogens is 1. The Balaban J connectivity index is 1.44. The van der Waals surface area contributed by atoms with Gasteiger partial charge in [-0.2, -0.15) is 0 Å². The number of nitrogens with zero attached hydrogens (tertiary/aromatic N) is 3. The van der Waals surface area contributed by atoms with E-state index in [4.69, 9.17) is 16.6 Å². The van der Waals surface area contributed by atoms with Crippen molar-refractivity contribution in [2.45, 2.75) is 41.3 Å². The molecule has 0 aliphatic carbocycles. The van der Waals surface area contributed by atoms with E-state index in [0.717, 1.165) is 22.9 Å². The zero-order valence-corrected chi connectivity index (χ0v) is 19.0. The Morgan fingerprint density at radius 3 is 2.43 bits per heavy atom. The second kappa shape index (κ2) is 8.66. The van der Waals surface area contributed by atoms with E-state index in [1.54, 1.807) is 11.8 Å². The molecule has 3 atom stereocenters. The molecule has 0 saturated carbocycles. The van der Waals surface area contributed by atoms with Gasteiger partial charge in [-0.05, 0) is 60.5 Å². The van der Waals surface area contributed by atoms with Gasteiger partial charge in [-0.1, -0.05) is 60.2 Å². The molecule has 152 valence electrons. The zero-order chi connectivity index (χ0) is 20.5. The van der Waals surface area contributed by atoms with E-state index in [9.17, 15) is 0 Å². The van der Waals surface area contributed by atoms with E-state index in [2.05, 4.69) is 65.3 Å². The fourth-order valence-corrected chi connectivity index (χ4v) is 6.36. The molecule has 2 aromatic carbocycles. The van der Waals surface area contributed by atoms with Crippen molar-refractivity contribution in [2.24, 2.45) is 4.99 Å². The summed E-state index contributed by atoms with van der Waals surface area (Å²) in [5.41, 5.74) is 2.34. The van der Waals surface area contributed by atoms with Crippen molar-refractivity contribution in [2.75, 3.05) is 5.75 Å². The van der Waals surface area contributed by atoms with Crippen LogP contribution in [0.2, 0.25) is 5.02 Å². The molecule has 5 rings (SSSR count). The van der Waals surface area contributed by atoms with Crippen LogP contribution < -0.4 is 0 Å². The lowest BCUT2D eigenvalue weighted by atomic mass is 9.95. The minimum atomic E-state index is 0.0396. The van der Waals surface area contributed by atoms with Crippen LogP contribution in [0.5, 0.6) is 0 Å². The van der Waals surface area contributed by atoms with Crippen molar-refractivity contribution in [1.29, 1.82) is 0 Å². The third kappa shape index (κ3) is 3.86. The lowest BCUT2D eigenvalue weighted by Gasteiger charge is -2.32. The molecule has 0 N–H and O–H groups in total. The second-order valence-corrected chi connectivity index (χ2v) is 10.0. The van der Waals surface area contributed by atoms with Gasteiger partial charge in [-0.25, -0.2) is 0 Å². The van der Waals surface area contributed by atoms with Crippen LogP contribution in [0.3, 0.4) is 0 Å². The molecule has 3 heterocycles. The second-order valence-electron chi connectivity index (χ2n) is 7.46. The fourth-order valence-electron chi connectivity index (χ4n) is 4.08. The molecule has 1 fully saturated rings. The first-order valence-corrected chi connectivity index (χ1v) is 12.3. The lowest BCUT2D eigenvalue weighted by Crippen LogP contribution is -2.35. The number of hydrogen-bond donors (Lipinski definition) is 0. The average molecular weight is 452 g/mol. The van der Waals surface area contributed by atoms with Gasteiger partial charge in [0.05, 0.1) is 11.7 Å². The smallest absolute Gasteiger partial charge is 0.160 e. The third-order valence-corrected chi connectivity index (χ3v) is 7.99. The molecular weight excluding hydrogens is 430 g/mol. The Morgan fingerprint density at radius 1 is 1.03 bits per heavy atom. The van der Waals surface area contributed by atoms with Crippen LogP contribution in [0.1, 0.15) is 36.7 Å². The number of hydrogen-bond acceptors (Lipinski definition) is 5. The van der Waals surface area contributed by atoms with Crippen molar-refractivity contribution in [3.63, 3.8) is 0 Å². The monoisotopic (exact) mass is 451 g/mol. The van der Waals surface area contributed by atoms with Crippen LogP contribution >= 0.6 is 35.1 Å². The van der Waals surface area contributed by atoms with Gasteiger partial charge in [-0.3, -0.25) is 9.98 Å². The zero-order valence-electron chi connectivity index (χ0n) is 16.6. The number of rotatable bonds is 5. The Hall–Kier alpha value is -1.95. The summed E-state index contributed by atoms with van der Waals surface area (Å²) in [7, 11) is 0. The summed E-state index contributed by atoms with van der Waals surface area (Å²) in [5.74, 6) is 1.12. The summed E-state index contributed by atoms with van der Waals surface area (Å²) >= 11 is 9.64. The van der Waals surface area contributed by atoms with Crippen molar-refractivity contribution in [1.82, 2.24) is 9.88 Å². The molecule has 0 bridgehead atoms. The maximum atomic E-state index is 6.01. The Labute approximate surface area is 191 Å². The van der Waals surface area contributed by atoms with Crippen LogP contribution in [-0.2, 0) is 0 Å². The normalized spacial score (nSPS) is 22.8. The first-order chi connectivity index (χ1) is 14.7. The minimum absolute atomic E-state index is 0.0396. The van der Waals surface area contributed by atoms with Crippen molar-refractivity contribution in [3.8, 4) is 0 Å². The molecule has 1 aromatic heterocycles. The number of fused-ring (bicyclic) bond motifs is 1. The minimum Gasteiger partial charge on any atom is -0.338 e. The number of pyridine rings is 1. The van der Waals surface area contributed by atoms with Crippen LogP contribution in [0, 0.1) is 0 Å². The molecule has 1 saturated heterocycles. The average Bonchev–Trinajstić information content (AvgIpc) is 3.36. The largest absolute Gasteiger partial charge is 0.338 e. The highest BCUT2D eigenvalue weighted by Gasteiger charge is 2.45.